The van der Waals surface area contributed by atoms with E-state index in [0.717, 1.165) is 27.8 Å². The second-order valence-electron chi connectivity index (χ2n) is 7.12. The van der Waals surface area contributed by atoms with Crippen molar-refractivity contribution in [1.29, 1.82) is 0 Å². The van der Waals surface area contributed by atoms with Crippen molar-refractivity contribution in [3.8, 4) is 28.4 Å². The maximum atomic E-state index is 10.7. The minimum atomic E-state index is -0.481. The molecule has 0 amide bonds. The molecule has 0 fully saturated rings. The smallest absolute Gasteiger partial charge is 0.164 e. The summed E-state index contributed by atoms with van der Waals surface area (Å²) >= 11 is 0. The van der Waals surface area contributed by atoms with Gasteiger partial charge in [0.1, 0.15) is 5.75 Å². The summed E-state index contributed by atoms with van der Waals surface area (Å²) < 4.78 is 16.5. The van der Waals surface area contributed by atoms with Gasteiger partial charge < -0.3 is 19.3 Å². The average Bonchev–Trinajstić information content (AvgIpc) is 2.74. The highest BCUT2D eigenvalue weighted by atomic mass is 16.5. The van der Waals surface area contributed by atoms with E-state index in [9.17, 15) is 5.11 Å². The van der Waals surface area contributed by atoms with E-state index in [1.165, 1.54) is 0 Å². The van der Waals surface area contributed by atoms with Gasteiger partial charge in [0.05, 0.1) is 27.4 Å². The van der Waals surface area contributed by atoms with E-state index in [2.05, 4.69) is 25.1 Å². The van der Waals surface area contributed by atoms with E-state index < -0.39 is 6.10 Å². The molecule has 0 spiro atoms. The molecule has 0 aliphatic carbocycles. The number of hydrogen-bond donors (Lipinski definition) is 1. The first-order chi connectivity index (χ1) is 14.0. The molecule has 3 aromatic carbocycles. The second-order valence-corrected chi connectivity index (χ2v) is 7.12. The van der Waals surface area contributed by atoms with Crippen LogP contribution in [0.5, 0.6) is 17.2 Å². The van der Waals surface area contributed by atoms with Crippen LogP contribution in [0.4, 0.5) is 0 Å². The Balaban J connectivity index is 1.99. The Hall–Kier alpha value is -2.98. The molecule has 3 rings (SSSR count). The Morgan fingerprint density at radius 1 is 0.724 bits per heavy atom. The Morgan fingerprint density at radius 3 is 2.03 bits per heavy atom. The van der Waals surface area contributed by atoms with E-state index in [4.69, 9.17) is 14.2 Å². The largest absolute Gasteiger partial charge is 0.496 e. The van der Waals surface area contributed by atoms with Crippen LogP contribution in [-0.4, -0.2) is 32.5 Å². The summed E-state index contributed by atoms with van der Waals surface area (Å²) in [6, 6.07) is 20.1. The Bertz CT molecular complexity index is 951. The molecule has 1 N–H and O–H groups in total. The van der Waals surface area contributed by atoms with E-state index in [1.807, 2.05) is 42.5 Å². The van der Waals surface area contributed by atoms with E-state index in [1.54, 1.807) is 21.3 Å². The molecule has 4 nitrogen and oxygen atoms in total. The van der Waals surface area contributed by atoms with Crippen molar-refractivity contribution in [2.75, 3.05) is 21.3 Å². The zero-order valence-corrected chi connectivity index (χ0v) is 17.4. The third kappa shape index (κ3) is 4.90. The summed E-state index contributed by atoms with van der Waals surface area (Å²) in [7, 11) is 4.87. The Kier molecular flexibility index (Phi) is 6.78. The molecule has 3 aromatic rings. The zero-order chi connectivity index (χ0) is 20.8. The van der Waals surface area contributed by atoms with Crippen LogP contribution < -0.4 is 14.2 Å². The first-order valence-electron chi connectivity index (χ1n) is 9.67. The van der Waals surface area contributed by atoms with Crippen molar-refractivity contribution in [3.05, 3.63) is 77.4 Å². The highest BCUT2D eigenvalue weighted by Gasteiger charge is 2.18. The van der Waals surface area contributed by atoms with Crippen LogP contribution in [0, 0.1) is 6.92 Å². The van der Waals surface area contributed by atoms with Crippen LogP contribution in [0.25, 0.3) is 11.1 Å². The number of methoxy groups -OCH3 is 3. The van der Waals surface area contributed by atoms with Gasteiger partial charge in [0.25, 0.3) is 0 Å². The fraction of sp³-hybridized carbons (Fsp3) is 0.280. The van der Waals surface area contributed by atoms with Crippen LogP contribution in [0.15, 0.2) is 60.7 Å². The molecular formula is C25H28O4. The number of benzene rings is 3. The molecule has 0 saturated carbocycles. The number of aliphatic hydroxyl groups excluding tert-OH is 1. The van der Waals surface area contributed by atoms with Crippen molar-refractivity contribution in [3.63, 3.8) is 0 Å². The molecule has 0 saturated heterocycles. The van der Waals surface area contributed by atoms with Crippen LogP contribution in [0.3, 0.4) is 0 Å². The normalized spacial score (nSPS) is 11.8. The molecular weight excluding hydrogens is 364 g/mol. The molecule has 1 unspecified atom stereocenters. The van der Waals surface area contributed by atoms with Crippen LogP contribution in [0.2, 0.25) is 0 Å². The van der Waals surface area contributed by atoms with E-state index >= 15 is 0 Å². The van der Waals surface area contributed by atoms with Gasteiger partial charge in [0, 0.05) is 11.6 Å². The molecule has 1 atom stereocenters. The monoisotopic (exact) mass is 392 g/mol. The van der Waals surface area contributed by atoms with Gasteiger partial charge in [-0.1, -0.05) is 54.1 Å². The number of aliphatic hydroxyl groups is 1. The van der Waals surface area contributed by atoms with Crippen LogP contribution in [0.1, 0.15) is 16.7 Å². The lowest BCUT2D eigenvalue weighted by atomic mass is 9.92. The summed E-state index contributed by atoms with van der Waals surface area (Å²) in [5, 5.41) is 10.7. The molecule has 0 heterocycles. The number of ether oxygens (including phenoxy) is 3. The van der Waals surface area contributed by atoms with E-state index in [0.29, 0.717) is 30.1 Å². The van der Waals surface area contributed by atoms with Gasteiger partial charge >= 0.3 is 0 Å². The summed E-state index contributed by atoms with van der Waals surface area (Å²) in [6.45, 7) is 2.06. The number of rotatable bonds is 8. The predicted octanol–water partition coefficient (Wildman–Crippen LogP) is 4.83. The predicted molar refractivity (Wildman–Crippen MR) is 116 cm³/mol. The van der Waals surface area contributed by atoms with Crippen molar-refractivity contribution < 1.29 is 19.3 Å². The highest BCUT2D eigenvalue weighted by Crippen LogP contribution is 2.41. The molecule has 0 aliphatic rings. The molecule has 0 bridgehead atoms. The Morgan fingerprint density at radius 2 is 1.38 bits per heavy atom. The lowest BCUT2D eigenvalue weighted by Gasteiger charge is -2.19. The van der Waals surface area contributed by atoms with Crippen LogP contribution in [-0.2, 0) is 12.8 Å². The van der Waals surface area contributed by atoms with Crippen molar-refractivity contribution >= 4 is 0 Å². The molecule has 152 valence electrons. The summed E-state index contributed by atoms with van der Waals surface area (Å²) in [5.74, 6) is 1.96. The SMILES string of the molecule is COc1cc(OC)c(-c2cc(C)ccc2CC(O)Cc2ccccc2)cc1OC. The van der Waals surface area contributed by atoms with Gasteiger partial charge in [-0.3, -0.25) is 0 Å². The minimum absolute atomic E-state index is 0.481. The first kappa shape index (κ1) is 20.7. The van der Waals surface area contributed by atoms with Crippen molar-refractivity contribution in [1.82, 2.24) is 0 Å². The zero-order valence-electron chi connectivity index (χ0n) is 17.4. The molecule has 29 heavy (non-hydrogen) atoms. The fourth-order valence-electron chi connectivity index (χ4n) is 3.57. The lowest BCUT2D eigenvalue weighted by molar-refractivity contribution is 0.175. The van der Waals surface area contributed by atoms with Gasteiger partial charge in [-0.05, 0) is 42.5 Å². The quantitative estimate of drug-likeness (QED) is 0.596. The molecule has 0 aliphatic heterocycles. The molecule has 0 radical (unpaired) electrons. The maximum absolute atomic E-state index is 10.7. The number of aryl methyl sites for hydroxylation is 1. The Labute approximate surface area is 172 Å². The summed E-state index contributed by atoms with van der Waals surface area (Å²) in [4.78, 5) is 0. The van der Waals surface area contributed by atoms with Gasteiger partial charge in [0.2, 0.25) is 0 Å². The third-order valence-electron chi connectivity index (χ3n) is 5.03. The topological polar surface area (TPSA) is 47.9 Å². The van der Waals surface area contributed by atoms with E-state index in [-0.39, 0.29) is 0 Å². The number of hydrogen-bond acceptors (Lipinski definition) is 4. The fourth-order valence-corrected chi connectivity index (χ4v) is 3.57. The van der Waals surface area contributed by atoms with Gasteiger partial charge in [0.15, 0.2) is 11.5 Å². The molecule has 4 heteroatoms. The van der Waals surface area contributed by atoms with Gasteiger partial charge in [-0.25, -0.2) is 0 Å². The van der Waals surface area contributed by atoms with Crippen molar-refractivity contribution in [2.24, 2.45) is 0 Å². The van der Waals surface area contributed by atoms with Gasteiger partial charge in [-0.15, -0.1) is 0 Å². The van der Waals surface area contributed by atoms with Crippen LogP contribution >= 0.6 is 0 Å². The third-order valence-corrected chi connectivity index (χ3v) is 5.03. The van der Waals surface area contributed by atoms with Gasteiger partial charge in [-0.2, -0.15) is 0 Å². The second kappa shape index (κ2) is 9.48. The standard InChI is InChI=1S/C25H28O4/c1-17-10-11-19(14-20(26)13-18-8-6-5-7-9-18)21(12-17)22-15-24(28-3)25(29-4)16-23(22)27-2/h5-12,15-16,20,26H,13-14H2,1-4H3. The lowest BCUT2D eigenvalue weighted by Crippen LogP contribution is -2.14. The maximum Gasteiger partial charge on any atom is 0.164 e. The molecule has 0 aromatic heterocycles. The minimum Gasteiger partial charge on any atom is -0.496 e. The summed E-state index contributed by atoms with van der Waals surface area (Å²) in [5.41, 5.74) is 5.26. The summed E-state index contributed by atoms with van der Waals surface area (Å²) in [6.07, 6.45) is 0.671. The first-order valence-corrected chi connectivity index (χ1v) is 9.67. The average molecular weight is 392 g/mol. The highest BCUT2D eigenvalue weighted by molar-refractivity contribution is 5.77. The van der Waals surface area contributed by atoms with Crippen molar-refractivity contribution in [2.45, 2.75) is 25.9 Å².